The number of carbonyl (C=O) groups excluding carboxylic acids is 1. The standard InChI is InChI=1S/C15H18N2OS/c1-2-16-9-10-17-15(18)14-13(8-11-19-14)12-6-4-3-5-7-12/h3-8,11,16H,2,9-10H2,1H3,(H,17,18). The summed E-state index contributed by atoms with van der Waals surface area (Å²) in [5.74, 6) is 0.00626. The SMILES string of the molecule is CCNCCNC(=O)c1sccc1-c1ccccc1. The number of nitrogens with one attached hydrogen (secondary N) is 2. The van der Waals surface area contributed by atoms with Crippen molar-refractivity contribution in [2.24, 2.45) is 0 Å². The first-order chi connectivity index (χ1) is 9.33. The monoisotopic (exact) mass is 274 g/mol. The Morgan fingerprint density at radius 2 is 1.95 bits per heavy atom. The molecular formula is C15H18N2OS. The second-order valence-electron chi connectivity index (χ2n) is 4.14. The molecule has 100 valence electrons. The summed E-state index contributed by atoms with van der Waals surface area (Å²) in [6.07, 6.45) is 0. The van der Waals surface area contributed by atoms with E-state index in [0.717, 1.165) is 29.1 Å². The molecule has 0 saturated heterocycles. The Balaban J connectivity index is 2.05. The summed E-state index contributed by atoms with van der Waals surface area (Å²) < 4.78 is 0. The number of likely N-dealkylation sites (N-methyl/N-ethyl adjacent to an activating group) is 1. The minimum atomic E-state index is 0.00626. The molecule has 2 aromatic rings. The number of benzene rings is 1. The minimum Gasteiger partial charge on any atom is -0.350 e. The van der Waals surface area contributed by atoms with Gasteiger partial charge in [0.15, 0.2) is 0 Å². The van der Waals surface area contributed by atoms with E-state index in [4.69, 9.17) is 0 Å². The maximum Gasteiger partial charge on any atom is 0.262 e. The summed E-state index contributed by atoms with van der Waals surface area (Å²) in [6, 6.07) is 12.0. The van der Waals surface area contributed by atoms with Crippen molar-refractivity contribution in [3.05, 3.63) is 46.7 Å². The number of thiophene rings is 1. The van der Waals surface area contributed by atoms with E-state index in [1.54, 1.807) is 0 Å². The molecule has 1 amide bonds. The topological polar surface area (TPSA) is 41.1 Å². The lowest BCUT2D eigenvalue weighted by atomic mass is 10.1. The average Bonchev–Trinajstić information content (AvgIpc) is 2.94. The van der Waals surface area contributed by atoms with E-state index >= 15 is 0 Å². The number of amides is 1. The molecule has 0 radical (unpaired) electrons. The van der Waals surface area contributed by atoms with Crippen molar-refractivity contribution in [2.75, 3.05) is 19.6 Å². The van der Waals surface area contributed by atoms with Crippen LogP contribution in [0.2, 0.25) is 0 Å². The Bertz CT molecular complexity index is 522. The van der Waals surface area contributed by atoms with Gasteiger partial charge < -0.3 is 10.6 Å². The van der Waals surface area contributed by atoms with E-state index in [9.17, 15) is 4.79 Å². The molecule has 0 fully saturated rings. The summed E-state index contributed by atoms with van der Waals surface area (Å²) in [5.41, 5.74) is 2.09. The van der Waals surface area contributed by atoms with Crippen LogP contribution in [0, 0.1) is 0 Å². The lowest BCUT2D eigenvalue weighted by Crippen LogP contribution is -2.31. The highest BCUT2D eigenvalue weighted by Crippen LogP contribution is 2.27. The predicted octanol–water partition coefficient (Wildman–Crippen LogP) is 2.75. The second kappa shape index (κ2) is 7.07. The first kappa shape index (κ1) is 13.8. The summed E-state index contributed by atoms with van der Waals surface area (Å²) in [4.78, 5) is 12.9. The third kappa shape index (κ3) is 3.66. The molecule has 4 heteroatoms. The number of hydrogen-bond donors (Lipinski definition) is 2. The van der Waals surface area contributed by atoms with Gasteiger partial charge in [-0.15, -0.1) is 11.3 Å². The maximum absolute atomic E-state index is 12.1. The van der Waals surface area contributed by atoms with Crippen molar-refractivity contribution in [1.29, 1.82) is 0 Å². The van der Waals surface area contributed by atoms with Crippen LogP contribution < -0.4 is 10.6 Å². The molecule has 1 aromatic carbocycles. The Hall–Kier alpha value is -1.65. The fourth-order valence-corrected chi connectivity index (χ4v) is 2.68. The molecule has 0 spiro atoms. The van der Waals surface area contributed by atoms with Gasteiger partial charge in [-0.2, -0.15) is 0 Å². The van der Waals surface area contributed by atoms with Crippen molar-refractivity contribution in [3.63, 3.8) is 0 Å². The van der Waals surface area contributed by atoms with Crippen molar-refractivity contribution in [3.8, 4) is 11.1 Å². The highest BCUT2D eigenvalue weighted by Gasteiger charge is 2.13. The maximum atomic E-state index is 12.1. The van der Waals surface area contributed by atoms with Gasteiger partial charge in [0.25, 0.3) is 5.91 Å². The highest BCUT2D eigenvalue weighted by atomic mass is 32.1. The predicted molar refractivity (Wildman–Crippen MR) is 80.6 cm³/mol. The van der Waals surface area contributed by atoms with Crippen LogP contribution in [0.25, 0.3) is 11.1 Å². The summed E-state index contributed by atoms with van der Waals surface area (Å²) in [7, 11) is 0. The van der Waals surface area contributed by atoms with Gasteiger partial charge >= 0.3 is 0 Å². The van der Waals surface area contributed by atoms with E-state index < -0.39 is 0 Å². The molecule has 0 atom stereocenters. The van der Waals surface area contributed by atoms with Crippen LogP contribution in [0.5, 0.6) is 0 Å². The molecule has 2 N–H and O–H groups in total. The molecule has 3 nitrogen and oxygen atoms in total. The molecule has 0 aliphatic rings. The normalized spacial score (nSPS) is 10.4. The zero-order chi connectivity index (χ0) is 13.5. The Kier molecular flexibility index (Phi) is 5.12. The number of hydrogen-bond acceptors (Lipinski definition) is 3. The van der Waals surface area contributed by atoms with Crippen molar-refractivity contribution in [1.82, 2.24) is 10.6 Å². The summed E-state index contributed by atoms with van der Waals surface area (Å²) >= 11 is 1.48. The van der Waals surface area contributed by atoms with E-state index in [1.807, 2.05) is 41.8 Å². The zero-order valence-corrected chi connectivity index (χ0v) is 11.8. The Labute approximate surface area is 117 Å². The third-order valence-electron chi connectivity index (χ3n) is 2.79. The molecule has 1 heterocycles. The summed E-state index contributed by atoms with van der Waals surface area (Å²) in [5, 5.41) is 8.08. The minimum absolute atomic E-state index is 0.00626. The molecule has 19 heavy (non-hydrogen) atoms. The van der Waals surface area contributed by atoms with Gasteiger partial charge in [0, 0.05) is 18.7 Å². The molecule has 1 aromatic heterocycles. The van der Waals surface area contributed by atoms with Gasteiger partial charge in [0.05, 0.1) is 4.88 Å². The molecule has 0 saturated carbocycles. The van der Waals surface area contributed by atoms with Crippen LogP contribution in [0.3, 0.4) is 0 Å². The van der Waals surface area contributed by atoms with Gasteiger partial charge in [-0.1, -0.05) is 37.3 Å². The zero-order valence-electron chi connectivity index (χ0n) is 11.0. The smallest absolute Gasteiger partial charge is 0.262 e. The number of carbonyl (C=O) groups is 1. The van der Waals surface area contributed by atoms with E-state index in [-0.39, 0.29) is 5.91 Å². The summed E-state index contributed by atoms with van der Waals surface area (Å²) in [6.45, 7) is 4.42. The van der Waals surface area contributed by atoms with Crippen LogP contribution in [-0.2, 0) is 0 Å². The third-order valence-corrected chi connectivity index (χ3v) is 3.71. The highest BCUT2D eigenvalue weighted by molar-refractivity contribution is 7.12. The van der Waals surface area contributed by atoms with Gasteiger partial charge in [-0.3, -0.25) is 4.79 Å². The lowest BCUT2D eigenvalue weighted by molar-refractivity contribution is 0.0958. The molecule has 0 aliphatic carbocycles. The first-order valence-corrected chi connectivity index (χ1v) is 7.32. The number of rotatable bonds is 6. The lowest BCUT2D eigenvalue weighted by Gasteiger charge is -2.06. The average molecular weight is 274 g/mol. The van der Waals surface area contributed by atoms with E-state index in [0.29, 0.717) is 6.54 Å². The molecule has 0 aliphatic heterocycles. The quantitative estimate of drug-likeness (QED) is 0.795. The largest absolute Gasteiger partial charge is 0.350 e. The van der Waals surface area contributed by atoms with Crippen LogP contribution in [0.1, 0.15) is 16.6 Å². The Morgan fingerprint density at radius 1 is 1.16 bits per heavy atom. The van der Waals surface area contributed by atoms with Crippen LogP contribution >= 0.6 is 11.3 Å². The van der Waals surface area contributed by atoms with Crippen LogP contribution in [0.15, 0.2) is 41.8 Å². The molecule has 0 bridgehead atoms. The van der Waals surface area contributed by atoms with Crippen LogP contribution in [0.4, 0.5) is 0 Å². The van der Waals surface area contributed by atoms with Crippen molar-refractivity contribution >= 4 is 17.2 Å². The van der Waals surface area contributed by atoms with E-state index in [1.165, 1.54) is 11.3 Å². The first-order valence-electron chi connectivity index (χ1n) is 6.44. The van der Waals surface area contributed by atoms with Gasteiger partial charge in [-0.05, 0) is 23.6 Å². The van der Waals surface area contributed by atoms with Crippen molar-refractivity contribution in [2.45, 2.75) is 6.92 Å². The fourth-order valence-electron chi connectivity index (χ4n) is 1.85. The molecule has 0 unspecified atom stereocenters. The van der Waals surface area contributed by atoms with Gasteiger partial charge in [0.1, 0.15) is 0 Å². The Morgan fingerprint density at radius 3 is 2.68 bits per heavy atom. The molecule has 2 rings (SSSR count). The van der Waals surface area contributed by atoms with E-state index in [2.05, 4.69) is 17.6 Å². The van der Waals surface area contributed by atoms with Gasteiger partial charge in [-0.25, -0.2) is 0 Å². The van der Waals surface area contributed by atoms with Gasteiger partial charge in [0.2, 0.25) is 0 Å². The van der Waals surface area contributed by atoms with Crippen molar-refractivity contribution < 1.29 is 4.79 Å². The molecular weight excluding hydrogens is 256 g/mol. The second-order valence-corrected chi connectivity index (χ2v) is 5.05. The fraction of sp³-hybridized carbons (Fsp3) is 0.267. The van der Waals surface area contributed by atoms with Crippen LogP contribution in [-0.4, -0.2) is 25.5 Å².